The van der Waals surface area contributed by atoms with Crippen LogP contribution in [0.5, 0.6) is 5.75 Å². The summed E-state index contributed by atoms with van der Waals surface area (Å²) in [7, 11) is 0. The molecule has 1 aliphatic rings. The lowest BCUT2D eigenvalue weighted by Gasteiger charge is -2.16. The predicted molar refractivity (Wildman–Crippen MR) is 109 cm³/mol. The number of hydrogen-bond acceptors (Lipinski definition) is 2. The molecule has 0 bridgehead atoms. The van der Waals surface area contributed by atoms with Gasteiger partial charge in [-0.3, -0.25) is 4.79 Å². The molecule has 3 aromatic rings. The van der Waals surface area contributed by atoms with Crippen LogP contribution in [-0.2, 0) is 15.6 Å². The van der Waals surface area contributed by atoms with E-state index in [9.17, 15) is 9.90 Å². The molecule has 1 fully saturated rings. The first-order valence-corrected chi connectivity index (χ1v) is 9.02. The molecule has 26 heavy (non-hydrogen) atoms. The zero-order valence-corrected chi connectivity index (χ0v) is 15.4. The average Bonchev–Trinajstić information content (AvgIpc) is 3.27. The van der Waals surface area contributed by atoms with E-state index in [1.807, 2.05) is 24.3 Å². The summed E-state index contributed by atoms with van der Waals surface area (Å²) in [6.45, 7) is 6.52. The fourth-order valence-corrected chi connectivity index (χ4v) is 3.44. The zero-order chi connectivity index (χ0) is 18.5. The van der Waals surface area contributed by atoms with Crippen LogP contribution in [0.15, 0.2) is 48.5 Å². The van der Waals surface area contributed by atoms with E-state index in [2.05, 4.69) is 37.1 Å². The highest BCUT2D eigenvalue weighted by molar-refractivity contribution is 6.02. The van der Waals surface area contributed by atoms with Crippen LogP contribution in [0.3, 0.4) is 0 Å². The van der Waals surface area contributed by atoms with Crippen LogP contribution in [0.2, 0.25) is 0 Å². The number of hydrogen-bond donors (Lipinski definition) is 3. The number of phenolic OH excluding ortho intramolecular Hbond substituents is 1. The molecule has 3 N–H and O–H groups in total. The summed E-state index contributed by atoms with van der Waals surface area (Å²) in [5.74, 6) is 0.194. The molecule has 138 valence electrons. The number of benzene rings is 2. The lowest BCUT2D eigenvalue weighted by molar-refractivity contribution is -0.118. The van der Waals surface area contributed by atoms with Gasteiger partial charge in [-0.2, -0.15) is 0 Å². The van der Waals surface area contributed by atoms with Crippen molar-refractivity contribution in [2.45, 2.75) is 44.4 Å². The summed E-state index contributed by atoms with van der Waals surface area (Å²) >= 11 is 0. The lowest BCUT2D eigenvalue weighted by Crippen LogP contribution is -2.27. The predicted octanol–water partition coefficient (Wildman–Crippen LogP) is 5.33. The molecule has 0 spiro atoms. The van der Waals surface area contributed by atoms with Crippen molar-refractivity contribution >= 4 is 22.5 Å². The Kier molecular flexibility index (Phi) is 3.62. The highest BCUT2D eigenvalue weighted by Gasteiger charge is 2.51. The third-order valence-corrected chi connectivity index (χ3v) is 5.27. The van der Waals surface area contributed by atoms with E-state index in [1.54, 1.807) is 18.2 Å². The molecular weight excluding hydrogens is 324 g/mol. The number of aromatic hydroxyl groups is 1. The maximum atomic E-state index is 12.9. The molecule has 4 rings (SSSR count). The van der Waals surface area contributed by atoms with Gasteiger partial charge in [0, 0.05) is 30.6 Å². The topological polar surface area (TPSA) is 65.1 Å². The van der Waals surface area contributed by atoms with Gasteiger partial charge in [0.1, 0.15) is 5.75 Å². The largest absolute Gasteiger partial charge is 0.508 e. The number of phenols is 1. The first-order valence-electron chi connectivity index (χ1n) is 9.02. The number of rotatable bonds is 3. The van der Waals surface area contributed by atoms with Crippen molar-refractivity contribution < 1.29 is 12.8 Å². The highest BCUT2D eigenvalue weighted by Crippen LogP contribution is 2.49. The van der Waals surface area contributed by atoms with E-state index < -0.39 is 5.41 Å². The first kappa shape index (κ1) is 16.7. The summed E-state index contributed by atoms with van der Waals surface area (Å²) in [5, 5.41) is 13.9. The van der Waals surface area contributed by atoms with Crippen LogP contribution in [0, 0.1) is 0 Å². The van der Waals surface area contributed by atoms with Gasteiger partial charge in [0.15, 0.2) is 0 Å². The van der Waals surface area contributed by atoms with E-state index in [0.717, 1.165) is 35.0 Å². The van der Waals surface area contributed by atoms with Gasteiger partial charge < -0.3 is 15.4 Å². The lowest BCUT2D eigenvalue weighted by atomic mass is 9.92. The molecule has 1 heterocycles. The quantitative estimate of drug-likeness (QED) is 0.596. The molecule has 2 aromatic carbocycles. The summed E-state index contributed by atoms with van der Waals surface area (Å²) in [6.07, 6.45) is 1.62. The molecule has 1 aliphatic carbocycles. The van der Waals surface area contributed by atoms with Gasteiger partial charge in [0.25, 0.3) is 0 Å². The van der Waals surface area contributed by atoms with Gasteiger partial charge in [-0.15, -0.1) is 0 Å². The molecule has 0 unspecified atom stereocenters. The number of anilines is 1. The van der Waals surface area contributed by atoms with Gasteiger partial charge in [0.05, 0.1) is 5.41 Å². The summed E-state index contributed by atoms with van der Waals surface area (Å²) in [5.41, 5.74) is 3.47. The number of H-pyrrole nitrogens is 1. The Balaban J connectivity index is 0.00000140. The fraction of sp³-hybridized carbons (Fsp3) is 0.318. The Bertz CT molecular complexity index is 1000. The molecular formula is C22H28N2O2. The minimum Gasteiger partial charge on any atom is -0.508 e. The maximum absolute atomic E-state index is 12.9. The van der Waals surface area contributed by atoms with Crippen molar-refractivity contribution in [2.75, 3.05) is 5.32 Å². The zero-order valence-electron chi connectivity index (χ0n) is 15.4. The smallest absolute Gasteiger partial charge is 0.235 e. The van der Waals surface area contributed by atoms with E-state index in [4.69, 9.17) is 0 Å². The second-order valence-corrected chi connectivity index (χ2v) is 8.32. The number of nitrogens with one attached hydrogen (secondary N) is 2. The second-order valence-electron chi connectivity index (χ2n) is 8.32. The van der Waals surface area contributed by atoms with Gasteiger partial charge in [-0.05, 0) is 54.8 Å². The van der Waals surface area contributed by atoms with E-state index in [-0.39, 0.29) is 19.9 Å². The Morgan fingerprint density at radius 1 is 1.15 bits per heavy atom. The van der Waals surface area contributed by atoms with Gasteiger partial charge in [0.2, 0.25) is 5.91 Å². The van der Waals surface area contributed by atoms with Gasteiger partial charge in [-0.1, -0.05) is 32.9 Å². The molecule has 0 aliphatic heterocycles. The van der Waals surface area contributed by atoms with Crippen LogP contribution < -0.4 is 5.32 Å². The normalized spacial score (nSPS) is 15.8. The van der Waals surface area contributed by atoms with E-state index >= 15 is 0 Å². The van der Waals surface area contributed by atoms with Crippen molar-refractivity contribution in [3.63, 3.8) is 0 Å². The number of fused-ring (bicyclic) bond motifs is 1. The van der Waals surface area contributed by atoms with Crippen LogP contribution in [0.1, 0.15) is 47.7 Å². The molecule has 1 aromatic heterocycles. The third-order valence-electron chi connectivity index (χ3n) is 5.27. The van der Waals surface area contributed by atoms with Crippen LogP contribution in [0.4, 0.5) is 5.69 Å². The number of aromatic nitrogens is 1. The van der Waals surface area contributed by atoms with E-state index in [1.165, 1.54) is 5.69 Å². The van der Waals surface area contributed by atoms with Crippen molar-refractivity contribution in [2.24, 2.45) is 0 Å². The molecule has 4 nitrogen and oxygen atoms in total. The Hall–Kier alpha value is -2.75. The molecule has 0 atom stereocenters. The average molecular weight is 352 g/mol. The number of carbonyl (C=O) groups excluding carboxylic acids is 1. The van der Waals surface area contributed by atoms with Gasteiger partial charge in [-0.25, -0.2) is 0 Å². The Labute approximate surface area is 156 Å². The molecule has 1 saturated carbocycles. The molecule has 4 heteroatoms. The van der Waals surface area contributed by atoms with Crippen molar-refractivity contribution in [3.05, 3.63) is 59.8 Å². The first-order chi connectivity index (χ1) is 12.3. The highest BCUT2D eigenvalue weighted by atomic mass is 16.3. The summed E-state index contributed by atoms with van der Waals surface area (Å²) in [6, 6.07) is 15.1. The van der Waals surface area contributed by atoms with Gasteiger partial charge >= 0.3 is 0 Å². The second kappa shape index (κ2) is 5.63. The molecule has 0 radical (unpaired) electrons. The minimum atomic E-state index is -0.511. The fourth-order valence-electron chi connectivity index (χ4n) is 3.44. The van der Waals surface area contributed by atoms with Crippen LogP contribution in [0.25, 0.3) is 10.9 Å². The van der Waals surface area contributed by atoms with Crippen molar-refractivity contribution in [1.29, 1.82) is 0 Å². The third kappa shape index (κ3) is 2.85. The number of carbonyl (C=O) groups is 1. The number of amides is 1. The molecule has 0 saturated heterocycles. The minimum absolute atomic E-state index is 0. The summed E-state index contributed by atoms with van der Waals surface area (Å²) < 4.78 is 0. The summed E-state index contributed by atoms with van der Waals surface area (Å²) in [4.78, 5) is 16.4. The SMILES string of the molecule is CC(C)(C)c1cc2cc(NC(=O)C3(c4cccc(O)c4)CC3)ccc2[nH]1.[HH].[HH]. The van der Waals surface area contributed by atoms with Crippen LogP contribution in [-0.4, -0.2) is 16.0 Å². The molecule has 1 amide bonds. The van der Waals surface area contributed by atoms with Crippen molar-refractivity contribution in [1.82, 2.24) is 4.98 Å². The monoisotopic (exact) mass is 352 g/mol. The van der Waals surface area contributed by atoms with Crippen LogP contribution >= 0.6 is 0 Å². The Morgan fingerprint density at radius 2 is 1.92 bits per heavy atom. The Morgan fingerprint density at radius 3 is 2.58 bits per heavy atom. The number of aromatic amines is 1. The van der Waals surface area contributed by atoms with Crippen molar-refractivity contribution in [3.8, 4) is 5.75 Å². The van der Waals surface area contributed by atoms with E-state index in [0.29, 0.717) is 0 Å². The standard InChI is InChI=1S/C22H24N2O2.2H2/c1-21(2,3)19-12-14-11-16(7-8-18(14)24-19)23-20(26)22(9-10-22)15-5-4-6-17(25)13-15;;/h4-8,11-13,24-25H,9-10H2,1-3H3,(H,23,26);2*1H. The maximum Gasteiger partial charge on any atom is 0.235 e.